The normalized spacial score (nSPS) is 12.2. The van der Waals surface area contributed by atoms with Crippen LogP contribution in [0.3, 0.4) is 0 Å². The van der Waals surface area contributed by atoms with Crippen LogP contribution in [0.15, 0.2) is 94.4 Å². The van der Waals surface area contributed by atoms with Crippen molar-refractivity contribution in [1.29, 1.82) is 0 Å². The first-order chi connectivity index (χ1) is 18.4. The molecule has 0 aliphatic carbocycles. The predicted octanol–water partition coefficient (Wildman–Crippen LogP) is 8.57. The number of ketones is 1. The molecule has 0 heterocycles. The highest BCUT2D eigenvalue weighted by atomic mass is 32.2. The molecule has 0 aliphatic rings. The molecule has 38 heavy (non-hydrogen) atoms. The van der Waals surface area contributed by atoms with E-state index in [0.29, 0.717) is 5.56 Å². The number of aliphatic hydroxyl groups is 1. The highest BCUT2D eigenvalue weighted by molar-refractivity contribution is 7.99. The maximum atomic E-state index is 12.7. The van der Waals surface area contributed by atoms with Crippen molar-refractivity contribution in [2.24, 2.45) is 0 Å². The molecule has 2 aromatic rings. The van der Waals surface area contributed by atoms with Crippen molar-refractivity contribution in [2.75, 3.05) is 18.9 Å². The second-order valence-electron chi connectivity index (χ2n) is 9.96. The van der Waals surface area contributed by atoms with Gasteiger partial charge in [-0.1, -0.05) is 77.4 Å². The van der Waals surface area contributed by atoms with Crippen molar-refractivity contribution in [3.8, 4) is 0 Å². The van der Waals surface area contributed by atoms with E-state index in [0.717, 1.165) is 62.1 Å². The summed E-state index contributed by atoms with van der Waals surface area (Å²) >= 11 is 1.81. The van der Waals surface area contributed by atoms with Crippen LogP contribution in [0.1, 0.15) is 81.3 Å². The predicted molar refractivity (Wildman–Crippen MR) is 166 cm³/mol. The molecule has 2 rings (SSSR count). The van der Waals surface area contributed by atoms with Crippen LogP contribution in [-0.4, -0.2) is 29.8 Å². The molecule has 0 atom stereocenters. The molecule has 204 valence electrons. The first-order valence-corrected chi connectivity index (χ1v) is 14.7. The molecule has 0 aromatic heterocycles. The Morgan fingerprint density at radius 3 is 2.29 bits per heavy atom. The topological polar surface area (TPSA) is 49.3 Å². The van der Waals surface area contributed by atoms with Crippen molar-refractivity contribution >= 4 is 23.6 Å². The van der Waals surface area contributed by atoms with Crippen LogP contribution in [0.4, 0.5) is 0 Å². The van der Waals surface area contributed by atoms with E-state index in [1.165, 1.54) is 21.6 Å². The minimum absolute atomic E-state index is 0.00420. The lowest BCUT2D eigenvalue weighted by molar-refractivity contribution is 0.104. The molecule has 0 fully saturated rings. The molecule has 0 saturated heterocycles. The monoisotopic (exact) mass is 531 g/mol. The summed E-state index contributed by atoms with van der Waals surface area (Å²) in [6, 6.07) is 16.0. The number of nitrogens with one attached hydrogen (secondary N) is 1. The zero-order valence-electron chi connectivity index (χ0n) is 23.6. The zero-order chi connectivity index (χ0) is 27.6. The van der Waals surface area contributed by atoms with Gasteiger partial charge in [0.15, 0.2) is 5.78 Å². The Balaban J connectivity index is 1.85. The third-order valence-electron chi connectivity index (χ3n) is 6.21. The number of hydrogen-bond donors (Lipinski definition) is 2. The van der Waals surface area contributed by atoms with Gasteiger partial charge in [-0.25, -0.2) is 0 Å². The minimum Gasteiger partial charge on any atom is -0.396 e. The number of thioether (sulfide) groups is 1. The summed E-state index contributed by atoms with van der Waals surface area (Å²) in [5.41, 5.74) is 7.16. The van der Waals surface area contributed by atoms with Crippen molar-refractivity contribution in [1.82, 2.24) is 5.32 Å². The highest BCUT2D eigenvalue weighted by Gasteiger charge is 2.04. The Morgan fingerprint density at radius 2 is 1.58 bits per heavy atom. The summed E-state index contributed by atoms with van der Waals surface area (Å²) in [7, 11) is 0. The molecular formula is C34H45NO2S. The summed E-state index contributed by atoms with van der Waals surface area (Å²) in [6.07, 6.45) is 15.8. The van der Waals surface area contributed by atoms with Crippen molar-refractivity contribution < 1.29 is 9.90 Å². The first-order valence-electron chi connectivity index (χ1n) is 13.7. The average molecular weight is 532 g/mol. The van der Waals surface area contributed by atoms with Gasteiger partial charge in [0.25, 0.3) is 0 Å². The van der Waals surface area contributed by atoms with Crippen molar-refractivity contribution in [2.45, 2.75) is 71.2 Å². The molecule has 0 spiro atoms. The second kappa shape index (κ2) is 18.6. The van der Waals surface area contributed by atoms with Gasteiger partial charge in [-0.05, 0) is 95.7 Å². The number of aliphatic hydroxyl groups excluding tert-OH is 1. The lowest BCUT2D eigenvalue weighted by Crippen LogP contribution is -2.15. The Kier molecular flexibility index (Phi) is 15.4. The Bertz CT molecular complexity index is 1110. The number of hydrogen-bond acceptors (Lipinski definition) is 4. The van der Waals surface area contributed by atoms with Gasteiger partial charge in [0.05, 0.1) is 0 Å². The Hall–Kier alpha value is -2.66. The number of carbonyl (C=O) groups is 1. The van der Waals surface area contributed by atoms with Crippen LogP contribution < -0.4 is 5.32 Å². The van der Waals surface area contributed by atoms with Crippen LogP contribution in [0.2, 0.25) is 0 Å². The summed E-state index contributed by atoms with van der Waals surface area (Å²) in [6.45, 7) is 10.5. The van der Waals surface area contributed by atoms with Crippen LogP contribution in [-0.2, 0) is 6.54 Å². The van der Waals surface area contributed by atoms with Gasteiger partial charge in [0.2, 0.25) is 0 Å². The second-order valence-corrected chi connectivity index (χ2v) is 11.0. The van der Waals surface area contributed by atoms with Crippen LogP contribution in [0, 0.1) is 0 Å². The van der Waals surface area contributed by atoms with Crippen LogP contribution in [0.25, 0.3) is 6.08 Å². The molecule has 0 aliphatic heterocycles. The highest BCUT2D eigenvalue weighted by Crippen LogP contribution is 2.25. The fourth-order valence-electron chi connectivity index (χ4n) is 3.85. The number of allylic oxidation sites excluding steroid dienone is 6. The van der Waals surface area contributed by atoms with Crippen LogP contribution >= 0.6 is 11.8 Å². The van der Waals surface area contributed by atoms with Gasteiger partial charge >= 0.3 is 0 Å². The summed E-state index contributed by atoms with van der Waals surface area (Å²) in [5.74, 6) is 0.923. The molecule has 3 nitrogen and oxygen atoms in total. The van der Waals surface area contributed by atoms with Crippen LogP contribution in [0.5, 0.6) is 0 Å². The first kappa shape index (κ1) is 31.6. The summed E-state index contributed by atoms with van der Waals surface area (Å²) in [4.78, 5) is 13.9. The van der Waals surface area contributed by atoms with E-state index < -0.39 is 0 Å². The van der Waals surface area contributed by atoms with E-state index in [9.17, 15) is 4.79 Å². The molecule has 0 bridgehead atoms. The molecular weight excluding hydrogens is 486 g/mol. The van der Waals surface area contributed by atoms with Gasteiger partial charge in [0, 0.05) is 29.4 Å². The molecule has 2 aromatic carbocycles. The maximum Gasteiger partial charge on any atom is 0.185 e. The number of carbonyl (C=O) groups excluding carboxylic acids is 1. The molecule has 4 heteroatoms. The standard InChI is InChI=1S/C34H45NO2S/c1-27(2)10-7-11-28(3)12-8-13-29(4)22-25-38-34-15-6-5-14-32(34)20-21-33(37)31-18-16-30(17-19-31)26-35-23-9-24-36/h5-6,10,12,14-22,35-36H,7-9,11,13,23-26H2,1-4H3/b21-20+,28-12?,29-22?. The minimum atomic E-state index is 0.00420. The SMILES string of the molecule is CC(C)=CCCC(C)=CCCC(C)=CCSc1ccccc1/C=C/C(=O)c1ccc(CNCCCO)cc1. The summed E-state index contributed by atoms with van der Waals surface area (Å²) < 4.78 is 0. The molecule has 0 saturated carbocycles. The van der Waals surface area contributed by atoms with Gasteiger partial charge < -0.3 is 10.4 Å². The number of rotatable bonds is 17. The Morgan fingerprint density at radius 1 is 0.895 bits per heavy atom. The Labute approximate surface area is 234 Å². The fraction of sp³-hybridized carbons (Fsp3) is 0.382. The fourth-order valence-corrected chi connectivity index (χ4v) is 4.87. The molecule has 0 amide bonds. The maximum absolute atomic E-state index is 12.7. The lowest BCUT2D eigenvalue weighted by atomic mass is 10.1. The average Bonchev–Trinajstić information content (AvgIpc) is 2.90. The van der Waals surface area contributed by atoms with Gasteiger partial charge in [-0.2, -0.15) is 0 Å². The van der Waals surface area contributed by atoms with E-state index in [4.69, 9.17) is 5.11 Å². The largest absolute Gasteiger partial charge is 0.396 e. The molecule has 0 unspecified atom stereocenters. The van der Waals surface area contributed by atoms with Crippen molar-refractivity contribution in [3.63, 3.8) is 0 Å². The molecule has 0 radical (unpaired) electrons. The van der Waals surface area contributed by atoms with Gasteiger partial charge in [-0.15, -0.1) is 11.8 Å². The smallest absolute Gasteiger partial charge is 0.185 e. The lowest BCUT2D eigenvalue weighted by Gasteiger charge is -2.06. The van der Waals surface area contributed by atoms with Gasteiger partial charge in [-0.3, -0.25) is 4.79 Å². The van der Waals surface area contributed by atoms with E-state index in [-0.39, 0.29) is 12.4 Å². The van der Waals surface area contributed by atoms with E-state index in [1.807, 2.05) is 42.5 Å². The molecule has 2 N–H and O–H groups in total. The third kappa shape index (κ3) is 13.2. The van der Waals surface area contributed by atoms with E-state index in [2.05, 4.69) is 63.4 Å². The summed E-state index contributed by atoms with van der Waals surface area (Å²) in [5, 5.41) is 12.1. The quantitative estimate of drug-likeness (QED) is 0.0706. The number of benzene rings is 2. The third-order valence-corrected chi connectivity index (χ3v) is 7.22. The van der Waals surface area contributed by atoms with E-state index in [1.54, 1.807) is 17.8 Å². The van der Waals surface area contributed by atoms with E-state index >= 15 is 0 Å². The van der Waals surface area contributed by atoms with Crippen molar-refractivity contribution in [3.05, 3.63) is 106 Å². The van der Waals surface area contributed by atoms with Gasteiger partial charge in [0.1, 0.15) is 0 Å². The zero-order valence-corrected chi connectivity index (χ0v) is 24.4.